The molecule has 4 heteroatoms. The van der Waals surface area contributed by atoms with Gasteiger partial charge in [0.15, 0.2) is 0 Å². The molecular weight excluding hydrogens is 391 g/mol. The fourth-order valence-electron chi connectivity index (χ4n) is 1.68. The lowest BCUT2D eigenvalue weighted by atomic mass is 10.2. The average Bonchev–Trinajstić information content (AvgIpc) is 2.33. The van der Waals surface area contributed by atoms with Gasteiger partial charge in [-0.25, -0.2) is 0 Å². The molecule has 1 aromatic carbocycles. The number of benzene rings is 1. The van der Waals surface area contributed by atoms with Crippen LogP contribution in [0.25, 0.3) is 0 Å². The molecule has 1 N–H and O–H groups in total. The van der Waals surface area contributed by atoms with Crippen LogP contribution in [0.15, 0.2) is 22.7 Å². The molecule has 96 valence electrons. The van der Waals surface area contributed by atoms with E-state index >= 15 is 0 Å². The third-order valence-corrected chi connectivity index (χ3v) is 4.27. The molecule has 0 bridgehead atoms. The molecule has 0 saturated carbocycles. The molecule has 1 rings (SSSR count). The second kappa shape index (κ2) is 8.45. The Bertz CT molecular complexity index is 340. The molecule has 0 spiro atoms. The van der Waals surface area contributed by atoms with Crippen LogP contribution in [0.4, 0.5) is 0 Å². The molecule has 0 heterocycles. The van der Waals surface area contributed by atoms with Crippen molar-refractivity contribution in [1.82, 2.24) is 10.2 Å². The Balaban J connectivity index is 2.33. The lowest BCUT2D eigenvalue weighted by molar-refractivity contribution is 0.302. The summed E-state index contributed by atoms with van der Waals surface area (Å²) in [6.45, 7) is 9.77. The van der Waals surface area contributed by atoms with Crippen LogP contribution in [-0.4, -0.2) is 31.1 Å². The van der Waals surface area contributed by atoms with E-state index < -0.39 is 0 Å². The lowest BCUT2D eigenvalue weighted by Gasteiger charge is -2.18. The van der Waals surface area contributed by atoms with E-state index in [1.165, 1.54) is 13.6 Å². The van der Waals surface area contributed by atoms with E-state index in [1.807, 2.05) is 0 Å². The highest BCUT2D eigenvalue weighted by atomic mass is 127. The fraction of sp³-hybridized carbons (Fsp3) is 0.538. The third kappa shape index (κ3) is 5.68. The Morgan fingerprint density at radius 3 is 2.65 bits per heavy atom. The molecule has 0 radical (unpaired) electrons. The van der Waals surface area contributed by atoms with Gasteiger partial charge in [0.25, 0.3) is 0 Å². The molecule has 0 amide bonds. The molecule has 0 aliphatic rings. The summed E-state index contributed by atoms with van der Waals surface area (Å²) in [6.07, 6.45) is 0. The van der Waals surface area contributed by atoms with Crippen molar-refractivity contribution in [3.8, 4) is 0 Å². The second-order valence-corrected chi connectivity index (χ2v) is 6.04. The van der Waals surface area contributed by atoms with Crippen LogP contribution in [-0.2, 0) is 6.54 Å². The SMILES string of the molecule is CCN(CC)CCNCc1cc(I)ccc1Br. The number of halogens is 2. The van der Waals surface area contributed by atoms with Crippen LogP contribution in [0.1, 0.15) is 19.4 Å². The topological polar surface area (TPSA) is 15.3 Å². The minimum Gasteiger partial charge on any atom is -0.311 e. The first-order valence-electron chi connectivity index (χ1n) is 6.04. The number of rotatable bonds is 7. The van der Waals surface area contributed by atoms with Crippen molar-refractivity contribution in [2.45, 2.75) is 20.4 Å². The van der Waals surface area contributed by atoms with Gasteiger partial charge in [0.05, 0.1) is 0 Å². The minimum absolute atomic E-state index is 0.929. The largest absolute Gasteiger partial charge is 0.311 e. The molecule has 0 unspecified atom stereocenters. The first kappa shape index (κ1) is 15.4. The van der Waals surface area contributed by atoms with E-state index in [1.54, 1.807) is 0 Å². The predicted octanol–water partition coefficient (Wildman–Crippen LogP) is 3.49. The Labute approximate surface area is 126 Å². The zero-order valence-electron chi connectivity index (χ0n) is 10.5. The molecule has 0 atom stereocenters. The van der Waals surface area contributed by atoms with Gasteiger partial charge >= 0.3 is 0 Å². The van der Waals surface area contributed by atoms with Gasteiger partial charge < -0.3 is 10.2 Å². The summed E-state index contributed by atoms with van der Waals surface area (Å²) in [7, 11) is 0. The van der Waals surface area contributed by atoms with Gasteiger partial charge in [-0.3, -0.25) is 0 Å². The monoisotopic (exact) mass is 410 g/mol. The smallest absolute Gasteiger partial charge is 0.0220 e. The van der Waals surface area contributed by atoms with Gasteiger partial charge in [-0.15, -0.1) is 0 Å². The summed E-state index contributed by atoms with van der Waals surface area (Å²) < 4.78 is 2.47. The number of likely N-dealkylation sites (N-methyl/N-ethyl adjacent to an activating group) is 1. The van der Waals surface area contributed by atoms with E-state index in [0.717, 1.165) is 32.7 Å². The van der Waals surface area contributed by atoms with Crippen molar-refractivity contribution in [2.24, 2.45) is 0 Å². The van der Waals surface area contributed by atoms with E-state index in [4.69, 9.17) is 0 Å². The Morgan fingerprint density at radius 2 is 2.00 bits per heavy atom. The number of hydrogen-bond acceptors (Lipinski definition) is 2. The standard InChI is InChI=1S/C13H20BrIN2/c1-3-17(4-2)8-7-16-10-11-9-12(15)5-6-13(11)14/h5-6,9,16H,3-4,7-8,10H2,1-2H3. The molecule has 17 heavy (non-hydrogen) atoms. The van der Waals surface area contributed by atoms with Gasteiger partial charge in [0.2, 0.25) is 0 Å². The van der Waals surface area contributed by atoms with Crippen molar-refractivity contribution in [3.63, 3.8) is 0 Å². The molecular formula is C13H20BrIN2. The van der Waals surface area contributed by atoms with Gasteiger partial charge in [-0.2, -0.15) is 0 Å². The highest BCUT2D eigenvalue weighted by Crippen LogP contribution is 2.19. The lowest BCUT2D eigenvalue weighted by Crippen LogP contribution is -2.31. The van der Waals surface area contributed by atoms with E-state index in [0.29, 0.717) is 0 Å². The Morgan fingerprint density at radius 1 is 1.29 bits per heavy atom. The van der Waals surface area contributed by atoms with Crippen LogP contribution < -0.4 is 5.32 Å². The molecule has 0 aliphatic heterocycles. The van der Waals surface area contributed by atoms with Crippen LogP contribution in [0.2, 0.25) is 0 Å². The summed E-state index contributed by atoms with van der Waals surface area (Å²) in [4.78, 5) is 2.43. The Kier molecular flexibility index (Phi) is 7.66. The van der Waals surface area contributed by atoms with E-state index in [9.17, 15) is 0 Å². The maximum Gasteiger partial charge on any atom is 0.0220 e. The fourth-order valence-corrected chi connectivity index (χ4v) is 2.62. The van der Waals surface area contributed by atoms with Crippen molar-refractivity contribution in [2.75, 3.05) is 26.2 Å². The first-order valence-corrected chi connectivity index (χ1v) is 7.91. The van der Waals surface area contributed by atoms with Gasteiger partial charge in [-0.05, 0) is 59.4 Å². The summed E-state index contributed by atoms with van der Waals surface area (Å²) in [6, 6.07) is 6.45. The van der Waals surface area contributed by atoms with Crippen molar-refractivity contribution in [1.29, 1.82) is 0 Å². The quantitative estimate of drug-likeness (QED) is 0.546. The van der Waals surface area contributed by atoms with Crippen molar-refractivity contribution in [3.05, 3.63) is 31.8 Å². The summed E-state index contributed by atoms with van der Waals surface area (Å²) in [5.41, 5.74) is 1.33. The molecule has 0 saturated heterocycles. The van der Waals surface area contributed by atoms with E-state index in [2.05, 4.69) is 80.8 Å². The molecule has 2 nitrogen and oxygen atoms in total. The van der Waals surface area contributed by atoms with Crippen molar-refractivity contribution < 1.29 is 0 Å². The van der Waals surface area contributed by atoms with E-state index in [-0.39, 0.29) is 0 Å². The maximum absolute atomic E-state index is 3.59. The highest BCUT2D eigenvalue weighted by molar-refractivity contribution is 14.1. The van der Waals surface area contributed by atoms with Gasteiger partial charge in [0.1, 0.15) is 0 Å². The average molecular weight is 411 g/mol. The van der Waals surface area contributed by atoms with Gasteiger partial charge in [0, 0.05) is 27.7 Å². The summed E-state index contributed by atoms with van der Waals surface area (Å²) in [5, 5.41) is 3.49. The summed E-state index contributed by atoms with van der Waals surface area (Å²) in [5.74, 6) is 0. The molecule has 1 aromatic rings. The van der Waals surface area contributed by atoms with Crippen LogP contribution in [0.5, 0.6) is 0 Å². The number of hydrogen-bond donors (Lipinski definition) is 1. The number of nitrogens with zero attached hydrogens (tertiary/aromatic N) is 1. The Hall–Kier alpha value is 0.350. The molecule has 0 aromatic heterocycles. The zero-order valence-corrected chi connectivity index (χ0v) is 14.2. The summed E-state index contributed by atoms with van der Waals surface area (Å²) >= 11 is 5.93. The highest BCUT2D eigenvalue weighted by Gasteiger charge is 2.01. The van der Waals surface area contributed by atoms with Gasteiger partial charge in [-0.1, -0.05) is 29.8 Å². The second-order valence-electron chi connectivity index (χ2n) is 3.94. The van der Waals surface area contributed by atoms with Crippen molar-refractivity contribution >= 4 is 38.5 Å². The first-order chi connectivity index (χ1) is 8.17. The minimum atomic E-state index is 0.929. The maximum atomic E-state index is 3.59. The third-order valence-electron chi connectivity index (χ3n) is 2.82. The normalized spacial score (nSPS) is 11.1. The molecule has 0 fully saturated rings. The van der Waals surface area contributed by atoms with Crippen LogP contribution in [0, 0.1) is 3.57 Å². The van der Waals surface area contributed by atoms with Crippen LogP contribution >= 0.6 is 38.5 Å². The predicted molar refractivity (Wildman–Crippen MR) is 86.4 cm³/mol. The van der Waals surface area contributed by atoms with Crippen LogP contribution in [0.3, 0.4) is 0 Å². The molecule has 0 aliphatic carbocycles. The number of nitrogens with one attached hydrogen (secondary N) is 1. The zero-order chi connectivity index (χ0) is 12.7.